The minimum atomic E-state index is -0.778. The van der Waals surface area contributed by atoms with Crippen molar-refractivity contribution in [2.24, 2.45) is 5.73 Å². The molecule has 0 aliphatic heterocycles. The number of benzene rings is 2. The van der Waals surface area contributed by atoms with E-state index in [2.05, 4.69) is 27.8 Å². The van der Waals surface area contributed by atoms with Crippen LogP contribution in [0.25, 0.3) is 10.9 Å². The summed E-state index contributed by atoms with van der Waals surface area (Å²) < 4.78 is 0. The van der Waals surface area contributed by atoms with Crippen LogP contribution in [-0.4, -0.2) is 47.6 Å². The van der Waals surface area contributed by atoms with E-state index in [1.165, 1.54) is 18.2 Å². The molecule has 4 rings (SSSR count). The van der Waals surface area contributed by atoms with Crippen molar-refractivity contribution in [2.45, 2.75) is 24.9 Å². The van der Waals surface area contributed by atoms with Crippen molar-refractivity contribution in [3.8, 4) is 0 Å². The van der Waals surface area contributed by atoms with Crippen molar-refractivity contribution < 1.29 is 14.7 Å². The van der Waals surface area contributed by atoms with Gasteiger partial charge in [-0.1, -0.05) is 35.9 Å². The number of carbonyl (C=O) groups excluding carboxylic acids is 2. The quantitative estimate of drug-likeness (QED) is 0.435. The van der Waals surface area contributed by atoms with Crippen molar-refractivity contribution in [2.75, 3.05) is 13.7 Å². The van der Waals surface area contributed by atoms with Gasteiger partial charge in [0.15, 0.2) is 0 Å². The lowest BCUT2D eigenvalue weighted by Crippen LogP contribution is -2.41. The van der Waals surface area contributed by atoms with Gasteiger partial charge in [0.1, 0.15) is 11.7 Å². The van der Waals surface area contributed by atoms with Crippen LogP contribution in [0.1, 0.15) is 21.6 Å². The molecule has 0 radical (unpaired) electrons. The number of rotatable bonds is 4. The number of nitrogens with one attached hydrogen (secondary N) is 3. The third kappa shape index (κ3) is 5.18. The summed E-state index contributed by atoms with van der Waals surface area (Å²) in [4.78, 5) is 25.9. The lowest BCUT2D eigenvalue weighted by Gasteiger charge is -2.10. The molecule has 1 aliphatic carbocycles. The van der Waals surface area contributed by atoms with Gasteiger partial charge in [0, 0.05) is 29.0 Å². The summed E-state index contributed by atoms with van der Waals surface area (Å²) in [6, 6.07) is 15.2. The van der Waals surface area contributed by atoms with Gasteiger partial charge in [-0.2, -0.15) is 0 Å². The van der Waals surface area contributed by atoms with Crippen LogP contribution in [0.2, 0.25) is 5.02 Å². The third-order valence-electron chi connectivity index (χ3n) is 4.99. The van der Waals surface area contributed by atoms with Gasteiger partial charge in [-0.15, -0.1) is 0 Å². The fourth-order valence-corrected chi connectivity index (χ4v) is 3.60. The second-order valence-corrected chi connectivity index (χ2v) is 7.60. The summed E-state index contributed by atoms with van der Waals surface area (Å²) in [7, 11) is 1.47. The van der Waals surface area contributed by atoms with E-state index < -0.39 is 6.04 Å². The van der Waals surface area contributed by atoms with Crippen LogP contribution in [0.3, 0.4) is 0 Å². The Morgan fingerprint density at radius 3 is 2.43 bits per heavy atom. The Hall–Kier alpha value is -2.87. The molecule has 6 N–H and O–H groups in total. The number of aliphatic hydroxyl groups is 1. The van der Waals surface area contributed by atoms with Gasteiger partial charge in [-0.25, -0.2) is 0 Å². The summed E-state index contributed by atoms with van der Waals surface area (Å²) in [5.74, 6) is -0.405. The first-order chi connectivity index (χ1) is 14.4. The average Bonchev–Trinajstić information content (AvgIpc) is 3.35. The van der Waals surface area contributed by atoms with E-state index >= 15 is 0 Å². The van der Waals surface area contributed by atoms with Crippen LogP contribution in [0.15, 0.2) is 48.5 Å². The number of aliphatic hydroxyl groups excluding tert-OH is 1. The zero-order valence-corrected chi connectivity index (χ0v) is 17.4. The molecular weight excluding hydrogens is 404 g/mol. The standard InChI is InChI=1S/C18H15ClN2O.C4H10N2O2/c19-14-5-6-16-13(7-14)10-17(21-16)18(22)20-15-8-11-3-1-2-4-12(11)9-15;1-6-4(8)3(5)2-7/h1-7,10,15,21H,8-9H2,(H,20,22);3,7H,2,5H2,1H3,(H,6,8)/t;3-/m.0/s1. The number of hydrogen-bond donors (Lipinski definition) is 5. The smallest absolute Gasteiger partial charge is 0.267 e. The number of aromatic nitrogens is 1. The summed E-state index contributed by atoms with van der Waals surface area (Å²) in [5, 5.41) is 15.3. The van der Waals surface area contributed by atoms with Crippen molar-refractivity contribution in [1.82, 2.24) is 15.6 Å². The van der Waals surface area contributed by atoms with E-state index in [1.54, 1.807) is 0 Å². The number of amides is 2. The van der Waals surface area contributed by atoms with Gasteiger partial charge in [-0.3, -0.25) is 9.59 Å². The number of fused-ring (bicyclic) bond motifs is 2. The first kappa shape index (κ1) is 21.8. The molecular formula is C22H25ClN4O3. The highest BCUT2D eigenvalue weighted by atomic mass is 35.5. The van der Waals surface area contributed by atoms with Gasteiger partial charge in [0.25, 0.3) is 5.91 Å². The van der Waals surface area contributed by atoms with Crippen molar-refractivity contribution in [3.63, 3.8) is 0 Å². The Kier molecular flexibility index (Phi) is 7.10. The van der Waals surface area contributed by atoms with E-state index in [0.717, 1.165) is 23.7 Å². The van der Waals surface area contributed by atoms with Gasteiger partial charge in [-0.05, 0) is 48.2 Å². The van der Waals surface area contributed by atoms with Crippen molar-refractivity contribution in [3.05, 3.63) is 70.4 Å². The monoisotopic (exact) mass is 428 g/mol. The number of carbonyl (C=O) groups is 2. The molecule has 1 atom stereocenters. The van der Waals surface area contributed by atoms with E-state index in [4.69, 9.17) is 22.4 Å². The van der Waals surface area contributed by atoms with E-state index in [-0.39, 0.29) is 24.5 Å². The van der Waals surface area contributed by atoms with Crippen molar-refractivity contribution in [1.29, 1.82) is 0 Å². The summed E-state index contributed by atoms with van der Waals surface area (Å²) in [6.45, 7) is -0.306. The molecule has 0 saturated carbocycles. The number of nitrogens with two attached hydrogens (primary N) is 1. The van der Waals surface area contributed by atoms with Crippen LogP contribution < -0.4 is 16.4 Å². The van der Waals surface area contributed by atoms with Gasteiger partial charge < -0.3 is 26.5 Å². The number of aromatic amines is 1. The highest BCUT2D eigenvalue weighted by Gasteiger charge is 2.23. The Balaban J connectivity index is 0.000000275. The summed E-state index contributed by atoms with van der Waals surface area (Å²) in [5.41, 5.74) is 9.22. The molecule has 2 aromatic carbocycles. The molecule has 3 aromatic rings. The van der Waals surface area contributed by atoms with Crippen LogP contribution in [-0.2, 0) is 17.6 Å². The molecule has 1 aromatic heterocycles. The fraction of sp³-hybridized carbons (Fsp3) is 0.273. The molecule has 1 aliphatic rings. The molecule has 0 bridgehead atoms. The predicted molar refractivity (Wildman–Crippen MR) is 118 cm³/mol. The van der Waals surface area contributed by atoms with E-state index in [9.17, 15) is 9.59 Å². The molecule has 2 amide bonds. The third-order valence-corrected chi connectivity index (χ3v) is 5.23. The Bertz CT molecular complexity index is 1020. The molecule has 0 spiro atoms. The highest BCUT2D eigenvalue weighted by molar-refractivity contribution is 6.31. The van der Waals surface area contributed by atoms with Gasteiger partial charge >= 0.3 is 0 Å². The zero-order chi connectivity index (χ0) is 21.7. The van der Waals surface area contributed by atoms with Crippen LogP contribution in [0.4, 0.5) is 0 Å². The molecule has 0 unspecified atom stereocenters. The molecule has 0 saturated heterocycles. The zero-order valence-electron chi connectivity index (χ0n) is 16.6. The number of H-pyrrole nitrogens is 1. The van der Waals surface area contributed by atoms with Crippen molar-refractivity contribution >= 4 is 34.3 Å². The Morgan fingerprint density at radius 2 is 1.87 bits per heavy atom. The summed E-state index contributed by atoms with van der Waals surface area (Å²) >= 11 is 5.98. The number of hydrogen-bond acceptors (Lipinski definition) is 4. The molecule has 7 nitrogen and oxygen atoms in total. The minimum Gasteiger partial charge on any atom is -0.394 e. The second-order valence-electron chi connectivity index (χ2n) is 7.17. The molecule has 8 heteroatoms. The average molecular weight is 429 g/mol. The first-order valence-corrected chi connectivity index (χ1v) is 10.0. The molecule has 30 heavy (non-hydrogen) atoms. The van der Waals surface area contributed by atoms with Crippen LogP contribution in [0, 0.1) is 0 Å². The summed E-state index contributed by atoms with van der Waals surface area (Å²) in [6.07, 6.45) is 1.79. The fourth-order valence-electron chi connectivity index (χ4n) is 3.42. The van der Waals surface area contributed by atoms with Crippen LogP contribution >= 0.6 is 11.6 Å². The first-order valence-electron chi connectivity index (χ1n) is 9.65. The predicted octanol–water partition coefficient (Wildman–Crippen LogP) is 1.77. The largest absolute Gasteiger partial charge is 0.394 e. The number of likely N-dealkylation sites (N-methyl/N-ethyl adjacent to an activating group) is 1. The molecule has 0 fully saturated rings. The van der Waals surface area contributed by atoms with Gasteiger partial charge in [0.2, 0.25) is 5.91 Å². The SMILES string of the molecule is CNC(=O)[C@@H](N)CO.O=C(NC1Cc2ccccc2C1)c1cc2cc(Cl)ccc2[nH]1. The maximum Gasteiger partial charge on any atom is 0.267 e. The highest BCUT2D eigenvalue weighted by Crippen LogP contribution is 2.23. The van der Waals surface area contributed by atoms with Gasteiger partial charge in [0.05, 0.1) is 6.61 Å². The lowest BCUT2D eigenvalue weighted by molar-refractivity contribution is -0.122. The maximum atomic E-state index is 12.4. The lowest BCUT2D eigenvalue weighted by atomic mass is 10.1. The van der Waals surface area contributed by atoms with E-state index in [0.29, 0.717) is 10.7 Å². The minimum absolute atomic E-state index is 0.0647. The normalized spacial score (nSPS) is 13.9. The topological polar surface area (TPSA) is 120 Å². The molecule has 1 heterocycles. The maximum absolute atomic E-state index is 12.4. The Labute approximate surface area is 179 Å². The van der Waals surface area contributed by atoms with Crippen LogP contribution in [0.5, 0.6) is 0 Å². The Morgan fingerprint density at radius 1 is 1.20 bits per heavy atom. The van der Waals surface area contributed by atoms with E-state index in [1.807, 2.05) is 36.4 Å². The second kappa shape index (κ2) is 9.75. The molecule has 158 valence electrons. The number of halogens is 1.